The molecule has 0 saturated heterocycles. The van der Waals surface area contributed by atoms with Crippen molar-refractivity contribution in [2.75, 3.05) is 14.2 Å². The summed E-state index contributed by atoms with van der Waals surface area (Å²) in [5, 5.41) is 3.20. The van der Waals surface area contributed by atoms with Gasteiger partial charge in [0.15, 0.2) is 11.6 Å². The van der Waals surface area contributed by atoms with Crippen molar-refractivity contribution in [2.45, 2.75) is 39.3 Å². The van der Waals surface area contributed by atoms with Crippen LogP contribution in [-0.2, 0) is 11.2 Å². The van der Waals surface area contributed by atoms with Crippen LogP contribution in [0.25, 0.3) is 0 Å². The number of nitrogens with one attached hydrogen (secondary N) is 1. The van der Waals surface area contributed by atoms with Gasteiger partial charge in [0, 0.05) is 13.2 Å². The molecule has 0 aliphatic carbocycles. The molecule has 1 aromatic rings. The molecular formula is C15H23F2NO. The van der Waals surface area contributed by atoms with Crippen molar-refractivity contribution >= 4 is 0 Å². The maximum absolute atomic E-state index is 13.2. The lowest BCUT2D eigenvalue weighted by Crippen LogP contribution is -2.47. The number of ether oxygens (including phenoxy) is 1. The van der Waals surface area contributed by atoms with Crippen molar-refractivity contribution in [1.82, 2.24) is 5.32 Å². The maximum Gasteiger partial charge on any atom is 0.159 e. The normalized spacial score (nSPS) is 15.3. The first-order valence-electron chi connectivity index (χ1n) is 6.43. The minimum Gasteiger partial charge on any atom is -0.379 e. The molecule has 0 amide bonds. The molecule has 0 spiro atoms. The third kappa shape index (κ3) is 4.25. The van der Waals surface area contributed by atoms with Gasteiger partial charge in [-0.15, -0.1) is 0 Å². The molecule has 1 rings (SSSR count). The average molecular weight is 271 g/mol. The number of rotatable bonds is 5. The van der Waals surface area contributed by atoms with Gasteiger partial charge in [-0.2, -0.15) is 0 Å². The summed E-state index contributed by atoms with van der Waals surface area (Å²) in [7, 11) is 3.52. The zero-order chi connectivity index (χ0) is 14.6. The Kier molecular flexibility index (Phi) is 5.44. The third-order valence-corrected chi connectivity index (χ3v) is 3.28. The summed E-state index contributed by atoms with van der Waals surface area (Å²) >= 11 is 0. The van der Waals surface area contributed by atoms with E-state index in [0.717, 1.165) is 11.6 Å². The van der Waals surface area contributed by atoms with Crippen LogP contribution in [0.5, 0.6) is 0 Å². The molecule has 2 nitrogen and oxygen atoms in total. The van der Waals surface area contributed by atoms with Gasteiger partial charge in [-0.25, -0.2) is 8.78 Å². The second-order valence-electron chi connectivity index (χ2n) is 5.87. The number of hydrogen-bond acceptors (Lipinski definition) is 2. The number of likely N-dealkylation sites (N-methyl/N-ethyl adjacent to an activating group) is 1. The predicted octanol–water partition coefficient (Wildman–Crippen LogP) is 3.16. The number of halogens is 2. The molecule has 0 heterocycles. The van der Waals surface area contributed by atoms with Crippen molar-refractivity contribution in [1.29, 1.82) is 0 Å². The molecular weight excluding hydrogens is 248 g/mol. The van der Waals surface area contributed by atoms with Crippen molar-refractivity contribution < 1.29 is 13.5 Å². The van der Waals surface area contributed by atoms with Crippen LogP contribution in [0.15, 0.2) is 18.2 Å². The first-order valence-corrected chi connectivity index (χ1v) is 6.43. The van der Waals surface area contributed by atoms with Crippen molar-refractivity contribution in [3.8, 4) is 0 Å². The van der Waals surface area contributed by atoms with E-state index in [4.69, 9.17) is 4.74 Å². The Balaban J connectivity index is 2.89. The Morgan fingerprint density at radius 3 is 2.26 bits per heavy atom. The van der Waals surface area contributed by atoms with Gasteiger partial charge in [-0.05, 0) is 36.6 Å². The van der Waals surface area contributed by atoms with Crippen LogP contribution in [0.4, 0.5) is 8.78 Å². The summed E-state index contributed by atoms with van der Waals surface area (Å²) in [5.74, 6) is -1.62. The van der Waals surface area contributed by atoms with E-state index in [2.05, 4.69) is 26.1 Å². The monoisotopic (exact) mass is 271 g/mol. The van der Waals surface area contributed by atoms with E-state index in [1.165, 1.54) is 6.07 Å². The predicted molar refractivity (Wildman–Crippen MR) is 73.2 cm³/mol. The van der Waals surface area contributed by atoms with E-state index >= 15 is 0 Å². The summed E-state index contributed by atoms with van der Waals surface area (Å²) in [5.41, 5.74) is 0.714. The van der Waals surface area contributed by atoms with Crippen LogP contribution in [0.1, 0.15) is 26.3 Å². The first-order chi connectivity index (χ1) is 8.79. The van der Waals surface area contributed by atoms with E-state index in [-0.39, 0.29) is 17.6 Å². The Morgan fingerprint density at radius 1 is 1.21 bits per heavy atom. The molecule has 0 fully saturated rings. The summed E-state index contributed by atoms with van der Waals surface area (Å²) in [6.45, 7) is 6.28. The van der Waals surface area contributed by atoms with E-state index in [1.807, 2.05) is 7.05 Å². The quantitative estimate of drug-likeness (QED) is 0.888. The lowest BCUT2D eigenvalue weighted by atomic mass is 9.82. The van der Waals surface area contributed by atoms with E-state index < -0.39 is 11.6 Å². The Bertz CT molecular complexity index is 415. The average Bonchev–Trinajstić information content (AvgIpc) is 2.31. The minimum atomic E-state index is -0.816. The zero-order valence-corrected chi connectivity index (χ0v) is 12.3. The Morgan fingerprint density at radius 2 is 1.84 bits per heavy atom. The lowest BCUT2D eigenvalue weighted by molar-refractivity contribution is -0.00923. The standard InChI is InChI=1S/C15H23F2NO/c1-15(2,3)14(19-5)13(18-4)9-10-6-7-11(16)12(17)8-10/h6-8,13-14,18H,9H2,1-5H3. The first kappa shape index (κ1) is 16.1. The molecule has 0 aliphatic heterocycles. The van der Waals surface area contributed by atoms with Crippen LogP contribution in [0.3, 0.4) is 0 Å². The number of methoxy groups -OCH3 is 1. The second kappa shape index (κ2) is 6.44. The van der Waals surface area contributed by atoms with E-state index in [1.54, 1.807) is 13.2 Å². The van der Waals surface area contributed by atoms with Crippen LogP contribution >= 0.6 is 0 Å². The smallest absolute Gasteiger partial charge is 0.159 e. The molecule has 1 N–H and O–H groups in total. The van der Waals surface area contributed by atoms with Gasteiger partial charge in [-0.3, -0.25) is 0 Å². The fourth-order valence-corrected chi connectivity index (χ4v) is 2.40. The van der Waals surface area contributed by atoms with Gasteiger partial charge >= 0.3 is 0 Å². The molecule has 2 atom stereocenters. The molecule has 0 saturated carbocycles. The lowest BCUT2D eigenvalue weighted by Gasteiger charge is -2.36. The summed E-state index contributed by atoms with van der Waals surface area (Å²) in [6.07, 6.45) is 0.564. The fourth-order valence-electron chi connectivity index (χ4n) is 2.40. The molecule has 0 bridgehead atoms. The van der Waals surface area contributed by atoms with Crippen LogP contribution in [-0.4, -0.2) is 26.3 Å². The van der Waals surface area contributed by atoms with E-state index in [0.29, 0.717) is 6.42 Å². The molecule has 0 aromatic heterocycles. The highest BCUT2D eigenvalue weighted by atomic mass is 19.2. The topological polar surface area (TPSA) is 21.3 Å². The van der Waals surface area contributed by atoms with Gasteiger partial charge < -0.3 is 10.1 Å². The van der Waals surface area contributed by atoms with Gasteiger partial charge in [0.25, 0.3) is 0 Å². The van der Waals surface area contributed by atoms with Crippen LogP contribution in [0.2, 0.25) is 0 Å². The molecule has 1 aromatic carbocycles. The third-order valence-electron chi connectivity index (χ3n) is 3.28. The zero-order valence-electron chi connectivity index (χ0n) is 12.3. The van der Waals surface area contributed by atoms with Gasteiger partial charge in [-0.1, -0.05) is 26.8 Å². The highest BCUT2D eigenvalue weighted by molar-refractivity contribution is 5.19. The van der Waals surface area contributed by atoms with Crippen molar-refractivity contribution in [3.63, 3.8) is 0 Å². The van der Waals surface area contributed by atoms with Crippen LogP contribution in [0, 0.1) is 17.0 Å². The molecule has 108 valence electrons. The summed E-state index contributed by atoms with van der Waals surface area (Å²) in [4.78, 5) is 0. The minimum absolute atomic E-state index is 0.0226. The number of hydrogen-bond donors (Lipinski definition) is 1. The Labute approximate surface area is 114 Å². The maximum atomic E-state index is 13.2. The van der Waals surface area contributed by atoms with E-state index in [9.17, 15) is 8.78 Å². The molecule has 0 aliphatic rings. The van der Waals surface area contributed by atoms with Gasteiger partial charge in [0.2, 0.25) is 0 Å². The van der Waals surface area contributed by atoms with Crippen molar-refractivity contribution in [2.24, 2.45) is 5.41 Å². The summed E-state index contributed by atoms with van der Waals surface area (Å²) in [6, 6.07) is 4.05. The molecule has 4 heteroatoms. The molecule has 19 heavy (non-hydrogen) atoms. The highest BCUT2D eigenvalue weighted by Gasteiger charge is 2.31. The SMILES string of the molecule is CNC(Cc1ccc(F)c(F)c1)C(OC)C(C)(C)C. The molecule has 2 unspecified atom stereocenters. The van der Waals surface area contributed by atoms with Gasteiger partial charge in [0.1, 0.15) is 0 Å². The number of benzene rings is 1. The second-order valence-corrected chi connectivity index (χ2v) is 5.87. The van der Waals surface area contributed by atoms with Crippen molar-refractivity contribution in [3.05, 3.63) is 35.4 Å². The van der Waals surface area contributed by atoms with Crippen LogP contribution < -0.4 is 5.32 Å². The fraction of sp³-hybridized carbons (Fsp3) is 0.600. The highest BCUT2D eigenvalue weighted by Crippen LogP contribution is 2.26. The largest absolute Gasteiger partial charge is 0.379 e. The summed E-state index contributed by atoms with van der Waals surface area (Å²) < 4.78 is 31.7. The van der Waals surface area contributed by atoms with Gasteiger partial charge in [0.05, 0.1) is 6.10 Å². The Hall–Kier alpha value is -1.00. The molecule has 0 radical (unpaired) electrons.